The number of rotatable bonds is 4. The molecule has 0 nitrogen and oxygen atoms in total. The molecule has 2 fully saturated rings. The molecule has 4 aliphatic rings. The van der Waals surface area contributed by atoms with Crippen LogP contribution in [0.4, 0.5) is 0 Å². The van der Waals surface area contributed by atoms with E-state index >= 15 is 0 Å². The van der Waals surface area contributed by atoms with Gasteiger partial charge in [-0.3, -0.25) is 0 Å². The first-order chi connectivity index (χ1) is 14.9. The number of fused-ring (bicyclic) bond motifs is 2. The molecule has 0 bridgehead atoms. The molecule has 10 radical (unpaired) electrons. The van der Waals surface area contributed by atoms with Gasteiger partial charge in [0.25, 0.3) is 0 Å². The average Bonchev–Trinajstić information content (AvgIpc) is 3.26. The molecule has 0 aliphatic heterocycles. The third-order valence-corrected chi connectivity index (χ3v) is 8.50. The van der Waals surface area contributed by atoms with Crippen molar-refractivity contribution in [3.63, 3.8) is 0 Å². The van der Waals surface area contributed by atoms with E-state index in [2.05, 4.69) is 70.1 Å². The van der Waals surface area contributed by atoms with Crippen LogP contribution in [0, 0.1) is 59.8 Å². The van der Waals surface area contributed by atoms with Crippen LogP contribution in [-0.2, 0) is 20.8 Å². The zero-order valence-corrected chi connectivity index (χ0v) is 24.6. The molecule has 160 valence electrons. The Kier molecular flexibility index (Phi) is 13.7. The Balaban J connectivity index is 0.000000197. The minimum absolute atomic E-state index is 0.0651. The van der Waals surface area contributed by atoms with Gasteiger partial charge in [0.05, 0.1) is 0 Å². The summed E-state index contributed by atoms with van der Waals surface area (Å²) >= 11 is 11.0. The zero-order valence-electron chi connectivity index (χ0n) is 18.2. The van der Waals surface area contributed by atoms with Gasteiger partial charge < -0.3 is 0 Å². The molecule has 31 heavy (non-hydrogen) atoms. The van der Waals surface area contributed by atoms with Crippen molar-refractivity contribution in [2.45, 2.75) is 27.7 Å². The summed E-state index contributed by atoms with van der Waals surface area (Å²) in [6, 6.07) is 0. The van der Waals surface area contributed by atoms with Crippen molar-refractivity contribution in [1.29, 1.82) is 0 Å². The Bertz CT molecular complexity index is 649. The predicted molar refractivity (Wildman–Crippen MR) is 140 cm³/mol. The zero-order chi connectivity index (χ0) is 23.0. The summed E-state index contributed by atoms with van der Waals surface area (Å²) in [5.74, 6) is 8.97. The summed E-state index contributed by atoms with van der Waals surface area (Å²) in [6.45, 7) is 8.93. The predicted octanol–water partition coefficient (Wildman–Crippen LogP) is 8.66. The molecule has 0 saturated heterocycles. The van der Waals surface area contributed by atoms with Crippen LogP contribution in [0.1, 0.15) is 27.7 Å². The molecule has 0 aromatic heterocycles. The molecule has 0 aromatic rings. The third kappa shape index (κ3) is 7.74. The summed E-state index contributed by atoms with van der Waals surface area (Å²) in [7, 11) is 9.93. The van der Waals surface area contributed by atoms with E-state index in [1.54, 1.807) is 5.66 Å². The van der Waals surface area contributed by atoms with E-state index in [1.807, 2.05) is 19.1 Å². The maximum absolute atomic E-state index is 5.89. The van der Waals surface area contributed by atoms with E-state index in [9.17, 15) is 0 Å². The molecule has 4 aliphatic carbocycles. The molecule has 0 atom stereocenters. The molecule has 0 aromatic carbocycles. The van der Waals surface area contributed by atoms with E-state index in [-0.39, 0.29) is 7.92 Å². The molecular formula is C24H26BCl4PZr+2. The molecular weight excluding hydrogens is 563 g/mol. The van der Waals surface area contributed by atoms with Gasteiger partial charge in [-0.2, -0.15) is 22.9 Å². The third-order valence-electron chi connectivity index (χ3n) is 5.31. The topological polar surface area (TPSA) is 0 Å². The van der Waals surface area contributed by atoms with Crippen molar-refractivity contribution >= 4 is 53.4 Å². The summed E-state index contributed by atoms with van der Waals surface area (Å²) in [5.41, 5.74) is 1.21. The monoisotopic (exact) mass is 586 g/mol. The molecule has 0 heterocycles. The van der Waals surface area contributed by atoms with Gasteiger partial charge in [-0.25, -0.2) is 0 Å². The maximum atomic E-state index is 5.89. The molecule has 2 saturated carbocycles. The van der Waals surface area contributed by atoms with Gasteiger partial charge in [-0.1, -0.05) is 84.2 Å². The van der Waals surface area contributed by atoms with E-state index in [1.165, 1.54) is 36.0 Å². The Morgan fingerprint density at radius 2 is 1.23 bits per heavy atom. The van der Waals surface area contributed by atoms with Crippen LogP contribution in [0.25, 0.3) is 0 Å². The van der Waals surface area contributed by atoms with Gasteiger partial charge in [-0.15, -0.1) is 0 Å². The van der Waals surface area contributed by atoms with Crippen LogP contribution in [-0.4, -0.2) is 17.9 Å². The fourth-order valence-corrected chi connectivity index (χ4v) is 6.76. The molecule has 0 N–H and O–H groups in total. The van der Waals surface area contributed by atoms with E-state index in [0.29, 0.717) is 0 Å². The number of hydrogen-bond donors (Lipinski definition) is 0. The van der Waals surface area contributed by atoms with Crippen LogP contribution in [0.15, 0.2) is 48.6 Å². The first kappa shape index (κ1) is 28.7. The Morgan fingerprint density at radius 3 is 1.74 bits per heavy atom. The number of halogens is 4. The van der Waals surface area contributed by atoms with Crippen molar-refractivity contribution in [1.82, 2.24) is 0 Å². The van der Waals surface area contributed by atoms with Gasteiger partial charge >= 0.3 is 43.4 Å². The SMILES string of the molecule is CCP(CC)[C]1[C](C)[CH][C]2C=CC=C[C]21.C[C]1[CH][C]2C=CC=C[C]2[C]1B(Cl)Cl.[Cl][Zr+2][Cl]. The van der Waals surface area contributed by atoms with Gasteiger partial charge in [0, 0.05) is 35.1 Å². The normalized spacial score (nSPS) is 22.7. The van der Waals surface area contributed by atoms with E-state index in [4.69, 9.17) is 39.9 Å². The Labute approximate surface area is 221 Å². The van der Waals surface area contributed by atoms with Crippen LogP contribution in [0.2, 0.25) is 0 Å². The van der Waals surface area contributed by atoms with E-state index < -0.39 is 26.4 Å². The summed E-state index contributed by atoms with van der Waals surface area (Å²) in [6.07, 6.45) is 24.0. The standard InChI is InChI=1S/C14H18P.C10H8BCl2.2ClH.Zr/c1-4-15(5-2)14-11(3)10-12-8-6-7-9-13(12)14;1-7-6-8-4-2-3-5-9(8)10(7)11(12)13;;;/h6-10H,4-5H2,1-3H3;2-6H,1H3;2*1H;/q;;;;+4/p-2. The van der Waals surface area contributed by atoms with Gasteiger partial charge in [-0.05, 0) is 37.0 Å². The molecule has 7 heteroatoms. The van der Waals surface area contributed by atoms with E-state index in [0.717, 1.165) is 17.7 Å². The Hall–Kier alpha value is 1.50. The van der Waals surface area contributed by atoms with Gasteiger partial charge in [0.15, 0.2) is 0 Å². The molecule has 4 rings (SSSR count). The first-order valence-electron chi connectivity index (χ1n) is 10.2. The molecule has 0 spiro atoms. The number of allylic oxidation sites excluding steroid dienone is 8. The van der Waals surface area contributed by atoms with Crippen LogP contribution in [0.3, 0.4) is 0 Å². The van der Waals surface area contributed by atoms with Gasteiger partial charge in [0.1, 0.15) is 0 Å². The summed E-state index contributed by atoms with van der Waals surface area (Å²) < 4.78 is 0. The summed E-state index contributed by atoms with van der Waals surface area (Å²) in [5, 5.41) is 0. The van der Waals surface area contributed by atoms with Crippen molar-refractivity contribution in [3.05, 3.63) is 108 Å². The number of hydrogen-bond acceptors (Lipinski definition) is 0. The van der Waals surface area contributed by atoms with Crippen LogP contribution in [0.5, 0.6) is 0 Å². The second-order valence-electron chi connectivity index (χ2n) is 7.14. The second-order valence-corrected chi connectivity index (χ2v) is 14.8. The van der Waals surface area contributed by atoms with Crippen molar-refractivity contribution in [2.75, 3.05) is 12.3 Å². The quantitative estimate of drug-likeness (QED) is 0.228. The van der Waals surface area contributed by atoms with Crippen molar-refractivity contribution in [2.24, 2.45) is 0 Å². The second kappa shape index (κ2) is 14.8. The fourth-order valence-electron chi connectivity index (χ4n) is 3.99. The minimum atomic E-state index is -0.826. The first-order valence-corrected chi connectivity index (χ1v) is 19.1. The molecule has 0 unspecified atom stereocenters. The van der Waals surface area contributed by atoms with Crippen LogP contribution < -0.4 is 0 Å². The van der Waals surface area contributed by atoms with Crippen LogP contribution >= 0.6 is 47.9 Å². The molecule has 0 amide bonds. The Morgan fingerprint density at radius 1 is 0.774 bits per heavy atom. The summed E-state index contributed by atoms with van der Waals surface area (Å²) in [4.78, 5) is 0. The van der Waals surface area contributed by atoms with Crippen molar-refractivity contribution in [3.8, 4) is 0 Å². The fraction of sp³-hybridized carbons (Fsp3) is 0.250. The average molecular weight is 589 g/mol. The van der Waals surface area contributed by atoms with Gasteiger partial charge in [0.2, 0.25) is 0 Å². The van der Waals surface area contributed by atoms with Crippen molar-refractivity contribution < 1.29 is 20.8 Å².